The molecule has 2 rings (SSSR count). The molecule has 0 bridgehead atoms. The Morgan fingerprint density at radius 1 is 1.14 bits per heavy atom. The van der Waals surface area contributed by atoms with Gasteiger partial charge in [0.25, 0.3) is 5.91 Å². The van der Waals surface area contributed by atoms with Gasteiger partial charge in [0.05, 0.1) is 11.3 Å². The fourth-order valence-electron chi connectivity index (χ4n) is 1.63. The molecular formula is C14H14F2N4O. The third kappa shape index (κ3) is 4.20. The summed E-state index contributed by atoms with van der Waals surface area (Å²) in [5.41, 5.74) is 0.487. The fraction of sp³-hybridized carbons (Fsp3) is 0.214. The number of aryl methyl sites for hydroxylation is 1. The summed E-state index contributed by atoms with van der Waals surface area (Å²) in [7, 11) is 0. The summed E-state index contributed by atoms with van der Waals surface area (Å²) in [6.07, 6.45) is 0. The highest BCUT2D eigenvalue weighted by Gasteiger charge is 2.11. The smallest absolute Gasteiger partial charge is 0.254 e. The minimum atomic E-state index is -0.758. The molecule has 0 aliphatic carbocycles. The molecule has 0 atom stereocenters. The molecule has 1 aromatic carbocycles. The average Bonchev–Trinajstić information content (AvgIpc) is 2.47. The number of amides is 1. The van der Waals surface area contributed by atoms with Crippen molar-refractivity contribution in [1.29, 1.82) is 0 Å². The summed E-state index contributed by atoms with van der Waals surface area (Å²) in [4.78, 5) is 11.7. The van der Waals surface area contributed by atoms with Crippen LogP contribution in [-0.4, -0.2) is 29.2 Å². The van der Waals surface area contributed by atoms with Crippen LogP contribution in [0, 0.1) is 18.6 Å². The summed E-state index contributed by atoms with van der Waals surface area (Å²) >= 11 is 0. The van der Waals surface area contributed by atoms with Crippen LogP contribution < -0.4 is 10.6 Å². The lowest BCUT2D eigenvalue weighted by Crippen LogP contribution is -2.29. The standard InChI is InChI=1S/C14H14F2N4O/c1-9-2-5-13(20-19-9)17-6-7-18-14(21)11-8-10(15)3-4-12(11)16/h2-5,8H,6-7H2,1H3,(H,17,20)(H,18,21). The number of nitrogens with one attached hydrogen (secondary N) is 2. The zero-order chi connectivity index (χ0) is 15.2. The fourth-order valence-corrected chi connectivity index (χ4v) is 1.63. The Morgan fingerprint density at radius 3 is 2.67 bits per heavy atom. The molecule has 0 aliphatic rings. The van der Waals surface area contributed by atoms with E-state index in [4.69, 9.17) is 0 Å². The van der Waals surface area contributed by atoms with Crippen molar-refractivity contribution in [3.8, 4) is 0 Å². The predicted octanol–water partition coefficient (Wildman–Crippen LogP) is 1.91. The number of carbonyl (C=O) groups excluding carboxylic acids is 1. The number of halogens is 2. The van der Waals surface area contributed by atoms with Gasteiger partial charge >= 0.3 is 0 Å². The maximum absolute atomic E-state index is 13.4. The van der Waals surface area contributed by atoms with E-state index in [2.05, 4.69) is 20.8 Å². The van der Waals surface area contributed by atoms with Crippen molar-refractivity contribution in [3.63, 3.8) is 0 Å². The van der Waals surface area contributed by atoms with Crippen molar-refractivity contribution in [3.05, 3.63) is 53.2 Å². The van der Waals surface area contributed by atoms with Gasteiger partial charge in [-0.3, -0.25) is 4.79 Å². The number of hydrogen-bond donors (Lipinski definition) is 2. The van der Waals surface area contributed by atoms with E-state index in [-0.39, 0.29) is 12.1 Å². The molecule has 0 saturated carbocycles. The molecule has 1 aromatic heterocycles. The number of aromatic nitrogens is 2. The Kier molecular flexibility index (Phi) is 4.76. The van der Waals surface area contributed by atoms with Crippen molar-refractivity contribution in [2.24, 2.45) is 0 Å². The van der Waals surface area contributed by atoms with E-state index in [0.717, 1.165) is 23.9 Å². The normalized spacial score (nSPS) is 10.2. The van der Waals surface area contributed by atoms with E-state index in [1.54, 1.807) is 12.1 Å². The number of rotatable bonds is 5. The maximum atomic E-state index is 13.4. The van der Waals surface area contributed by atoms with Crippen molar-refractivity contribution < 1.29 is 13.6 Å². The highest BCUT2D eigenvalue weighted by Crippen LogP contribution is 2.09. The van der Waals surface area contributed by atoms with Gasteiger partial charge in [0, 0.05) is 13.1 Å². The molecule has 0 aliphatic heterocycles. The second kappa shape index (κ2) is 6.74. The van der Waals surface area contributed by atoms with Crippen LogP contribution in [0.25, 0.3) is 0 Å². The van der Waals surface area contributed by atoms with E-state index >= 15 is 0 Å². The van der Waals surface area contributed by atoms with E-state index in [0.29, 0.717) is 12.4 Å². The van der Waals surface area contributed by atoms with Crippen LogP contribution in [0.4, 0.5) is 14.6 Å². The molecule has 1 heterocycles. The SMILES string of the molecule is Cc1ccc(NCCNC(=O)c2cc(F)ccc2F)nn1. The van der Waals surface area contributed by atoms with Gasteiger partial charge in [0.15, 0.2) is 0 Å². The molecule has 5 nitrogen and oxygen atoms in total. The van der Waals surface area contributed by atoms with Crippen LogP contribution in [0.3, 0.4) is 0 Å². The molecule has 0 unspecified atom stereocenters. The zero-order valence-corrected chi connectivity index (χ0v) is 11.4. The van der Waals surface area contributed by atoms with E-state index in [9.17, 15) is 13.6 Å². The van der Waals surface area contributed by atoms with Gasteiger partial charge in [-0.25, -0.2) is 8.78 Å². The average molecular weight is 292 g/mol. The first-order valence-electron chi connectivity index (χ1n) is 6.34. The van der Waals surface area contributed by atoms with Crippen LogP contribution in [0.1, 0.15) is 16.1 Å². The van der Waals surface area contributed by atoms with Crippen molar-refractivity contribution in [2.45, 2.75) is 6.92 Å². The molecule has 0 spiro atoms. The number of hydrogen-bond acceptors (Lipinski definition) is 4. The van der Waals surface area contributed by atoms with E-state index in [1.165, 1.54) is 0 Å². The molecular weight excluding hydrogens is 278 g/mol. The van der Waals surface area contributed by atoms with Crippen LogP contribution in [0.2, 0.25) is 0 Å². The third-order valence-electron chi connectivity index (χ3n) is 2.69. The summed E-state index contributed by atoms with van der Waals surface area (Å²) in [5.74, 6) is -1.50. The number of nitrogens with zero attached hydrogens (tertiary/aromatic N) is 2. The molecule has 2 aromatic rings. The monoisotopic (exact) mass is 292 g/mol. The quantitative estimate of drug-likeness (QED) is 0.826. The molecule has 0 saturated heterocycles. The van der Waals surface area contributed by atoms with Gasteiger partial charge < -0.3 is 10.6 Å². The summed E-state index contributed by atoms with van der Waals surface area (Å²) in [6.45, 7) is 2.45. The summed E-state index contributed by atoms with van der Waals surface area (Å²) in [6, 6.07) is 6.31. The highest BCUT2D eigenvalue weighted by molar-refractivity contribution is 5.94. The first kappa shape index (κ1) is 14.8. The Bertz CT molecular complexity index is 631. The maximum Gasteiger partial charge on any atom is 0.254 e. The van der Waals surface area contributed by atoms with Crippen LogP contribution >= 0.6 is 0 Å². The van der Waals surface area contributed by atoms with Gasteiger partial charge in [-0.2, -0.15) is 5.10 Å². The van der Waals surface area contributed by atoms with Gasteiger partial charge in [0.1, 0.15) is 17.5 Å². The predicted molar refractivity (Wildman–Crippen MR) is 73.9 cm³/mol. The largest absolute Gasteiger partial charge is 0.367 e. The van der Waals surface area contributed by atoms with Crippen LogP contribution in [-0.2, 0) is 0 Å². The van der Waals surface area contributed by atoms with Crippen LogP contribution in [0.15, 0.2) is 30.3 Å². The minimum Gasteiger partial charge on any atom is -0.367 e. The van der Waals surface area contributed by atoms with Gasteiger partial charge in [-0.1, -0.05) is 0 Å². The van der Waals surface area contributed by atoms with Crippen LogP contribution in [0.5, 0.6) is 0 Å². The zero-order valence-electron chi connectivity index (χ0n) is 11.4. The van der Waals surface area contributed by atoms with Gasteiger partial charge in [-0.15, -0.1) is 5.10 Å². The molecule has 110 valence electrons. The first-order chi connectivity index (χ1) is 10.1. The lowest BCUT2D eigenvalue weighted by molar-refractivity contribution is 0.0950. The second-order valence-electron chi connectivity index (χ2n) is 4.37. The molecule has 2 N–H and O–H groups in total. The summed E-state index contributed by atoms with van der Waals surface area (Å²) < 4.78 is 26.3. The molecule has 0 radical (unpaired) electrons. The van der Waals surface area contributed by atoms with Crippen molar-refractivity contribution in [2.75, 3.05) is 18.4 Å². The Morgan fingerprint density at radius 2 is 1.95 bits per heavy atom. The lowest BCUT2D eigenvalue weighted by Gasteiger charge is -2.08. The molecule has 7 heteroatoms. The molecule has 21 heavy (non-hydrogen) atoms. The van der Waals surface area contributed by atoms with E-state index < -0.39 is 17.5 Å². The first-order valence-corrected chi connectivity index (χ1v) is 6.34. The minimum absolute atomic E-state index is 0.240. The number of anilines is 1. The third-order valence-corrected chi connectivity index (χ3v) is 2.69. The molecule has 0 fully saturated rings. The number of benzene rings is 1. The Labute approximate surface area is 120 Å². The number of carbonyl (C=O) groups is 1. The summed E-state index contributed by atoms with van der Waals surface area (Å²) in [5, 5.41) is 13.2. The second-order valence-corrected chi connectivity index (χ2v) is 4.37. The van der Waals surface area contributed by atoms with E-state index in [1.807, 2.05) is 6.92 Å². The topological polar surface area (TPSA) is 66.9 Å². The Hall–Kier alpha value is -2.57. The van der Waals surface area contributed by atoms with Crippen molar-refractivity contribution in [1.82, 2.24) is 15.5 Å². The molecule has 1 amide bonds. The highest BCUT2D eigenvalue weighted by atomic mass is 19.1. The van der Waals surface area contributed by atoms with Gasteiger partial charge in [-0.05, 0) is 37.3 Å². The Balaban J connectivity index is 1.81. The lowest BCUT2D eigenvalue weighted by atomic mass is 10.2. The van der Waals surface area contributed by atoms with Crippen molar-refractivity contribution >= 4 is 11.7 Å². The van der Waals surface area contributed by atoms with Gasteiger partial charge in [0.2, 0.25) is 0 Å².